The number of benzene rings is 1. The molecule has 1 N–H and O–H groups in total. The van der Waals surface area contributed by atoms with Crippen LogP contribution in [0.4, 0.5) is 5.69 Å². The zero-order chi connectivity index (χ0) is 16.6. The van der Waals surface area contributed by atoms with Crippen molar-refractivity contribution in [3.63, 3.8) is 0 Å². The van der Waals surface area contributed by atoms with E-state index in [0.717, 1.165) is 5.56 Å². The molecule has 3 rings (SSSR count). The van der Waals surface area contributed by atoms with Gasteiger partial charge in [0.1, 0.15) is 11.7 Å². The van der Waals surface area contributed by atoms with Gasteiger partial charge in [-0.1, -0.05) is 13.0 Å². The van der Waals surface area contributed by atoms with Gasteiger partial charge in [-0.2, -0.15) is 0 Å². The SMILES string of the molecule is CCC(=O)C1C(=O)CC(c2ccc3c(c2)OCC(=O)N3)CC1=O. The number of ketones is 3. The number of fused-ring (bicyclic) bond motifs is 1. The third kappa shape index (κ3) is 2.88. The molecule has 1 aromatic rings. The van der Waals surface area contributed by atoms with Crippen LogP contribution in [0.1, 0.15) is 37.7 Å². The average molecular weight is 315 g/mol. The average Bonchev–Trinajstić information content (AvgIpc) is 2.53. The van der Waals surface area contributed by atoms with Crippen molar-refractivity contribution in [1.29, 1.82) is 0 Å². The molecule has 6 nitrogen and oxygen atoms in total. The van der Waals surface area contributed by atoms with Crippen LogP contribution in [-0.2, 0) is 19.2 Å². The maximum absolute atomic E-state index is 12.2. The molecule has 23 heavy (non-hydrogen) atoms. The van der Waals surface area contributed by atoms with E-state index in [2.05, 4.69) is 5.32 Å². The molecule has 6 heteroatoms. The highest BCUT2D eigenvalue weighted by atomic mass is 16.5. The van der Waals surface area contributed by atoms with Crippen molar-refractivity contribution in [2.45, 2.75) is 32.1 Å². The third-order valence-corrected chi connectivity index (χ3v) is 4.32. The quantitative estimate of drug-likeness (QED) is 0.856. The second-order valence-electron chi connectivity index (χ2n) is 5.88. The number of rotatable bonds is 3. The van der Waals surface area contributed by atoms with Gasteiger partial charge < -0.3 is 10.1 Å². The number of nitrogens with one attached hydrogen (secondary N) is 1. The zero-order valence-corrected chi connectivity index (χ0v) is 12.8. The highest BCUT2D eigenvalue weighted by molar-refractivity contribution is 6.20. The molecule has 1 aliphatic carbocycles. The first-order valence-electron chi connectivity index (χ1n) is 7.64. The lowest BCUT2D eigenvalue weighted by Gasteiger charge is -2.27. The number of Topliss-reactive ketones (excluding diaryl/α,β-unsaturated/α-hetero) is 3. The topological polar surface area (TPSA) is 89.5 Å². The van der Waals surface area contributed by atoms with Gasteiger partial charge in [-0.25, -0.2) is 0 Å². The van der Waals surface area contributed by atoms with Gasteiger partial charge in [-0.05, 0) is 23.6 Å². The number of ether oxygens (including phenoxy) is 1. The molecule has 0 radical (unpaired) electrons. The van der Waals surface area contributed by atoms with E-state index < -0.39 is 5.92 Å². The van der Waals surface area contributed by atoms with Gasteiger partial charge in [0.2, 0.25) is 0 Å². The van der Waals surface area contributed by atoms with Crippen molar-refractivity contribution in [2.24, 2.45) is 5.92 Å². The maximum atomic E-state index is 12.2. The Bertz CT molecular complexity index is 691. The number of carbonyl (C=O) groups is 4. The summed E-state index contributed by atoms with van der Waals surface area (Å²) in [7, 11) is 0. The van der Waals surface area contributed by atoms with Crippen LogP contribution < -0.4 is 10.1 Å². The van der Waals surface area contributed by atoms with Gasteiger partial charge in [0.25, 0.3) is 5.91 Å². The first kappa shape index (κ1) is 15.4. The van der Waals surface area contributed by atoms with Crippen molar-refractivity contribution in [2.75, 3.05) is 11.9 Å². The summed E-state index contributed by atoms with van der Waals surface area (Å²) in [4.78, 5) is 47.4. The van der Waals surface area contributed by atoms with Crippen LogP contribution in [0.2, 0.25) is 0 Å². The van der Waals surface area contributed by atoms with E-state index in [1.165, 1.54) is 0 Å². The van der Waals surface area contributed by atoms with Crippen LogP contribution in [0, 0.1) is 5.92 Å². The van der Waals surface area contributed by atoms with E-state index in [1.807, 2.05) is 0 Å². The minimum atomic E-state index is -1.08. The molecule has 120 valence electrons. The number of hydrogen-bond acceptors (Lipinski definition) is 5. The maximum Gasteiger partial charge on any atom is 0.262 e. The Morgan fingerprint density at radius 3 is 2.57 bits per heavy atom. The molecule has 1 fully saturated rings. The van der Waals surface area contributed by atoms with Gasteiger partial charge in [-0.15, -0.1) is 0 Å². The zero-order valence-electron chi connectivity index (χ0n) is 12.8. The lowest BCUT2D eigenvalue weighted by atomic mass is 9.75. The molecule has 1 saturated carbocycles. The Kier molecular flexibility index (Phi) is 3.98. The predicted octanol–water partition coefficient (Wildman–Crippen LogP) is 1.63. The molecular weight excluding hydrogens is 298 g/mol. The largest absolute Gasteiger partial charge is 0.482 e. The van der Waals surface area contributed by atoms with E-state index in [1.54, 1.807) is 25.1 Å². The molecule has 0 aromatic heterocycles. The van der Waals surface area contributed by atoms with Crippen LogP contribution in [-0.4, -0.2) is 29.9 Å². The fourth-order valence-corrected chi connectivity index (χ4v) is 3.12. The van der Waals surface area contributed by atoms with Crippen molar-refractivity contribution in [3.8, 4) is 5.75 Å². The number of carbonyl (C=O) groups excluding carboxylic acids is 4. The lowest BCUT2D eigenvalue weighted by Crippen LogP contribution is -2.37. The van der Waals surface area contributed by atoms with Crippen molar-refractivity contribution in [3.05, 3.63) is 23.8 Å². The van der Waals surface area contributed by atoms with Crippen molar-refractivity contribution >= 4 is 28.9 Å². The highest BCUT2D eigenvalue weighted by Gasteiger charge is 2.39. The molecule has 1 aliphatic heterocycles. The Morgan fingerprint density at radius 1 is 1.22 bits per heavy atom. The normalized spacial score (nSPS) is 23.8. The Morgan fingerprint density at radius 2 is 1.91 bits per heavy atom. The summed E-state index contributed by atoms with van der Waals surface area (Å²) in [5.74, 6) is -1.90. The van der Waals surface area contributed by atoms with Crippen molar-refractivity contribution < 1.29 is 23.9 Å². The van der Waals surface area contributed by atoms with Gasteiger partial charge in [0.15, 0.2) is 24.0 Å². The van der Waals surface area contributed by atoms with Crippen LogP contribution >= 0.6 is 0 Å². The molecule has 1 heterocycles. The summed E-state index contributed by atoms with van der Waals surface area (Å²) in [5, 5.41) is 2.69. The van der Waals surface area contributed by atoms with Crippen LogP contribution in [0.15, 0.2) is 18.2 Å². The highest BCUT2D eigenvalue weighted by Crippen LogP contribution is 2.37. The first-order chi connectivity index (χ1) is 11.0. The number of anilines is 1. The Balaban J connectivity index is 1.81. The van der Waals surface area contributed by atoms with E-state index in [4.69, 9.17) is 4.74 Å². The molecule has 0 atom stereocenters. The summed E-state index contributed by atoms with van der Waals surface area (Å²) in [6, 6.07) is 5.24. The first-order valence-corrected chi connectivity index (χ1v) is 7.64. The van der Waals surface area contributed by atoms with Crippen molar-refractivity contribution in [1.82, 2.24) is 0 Å². The molecule has 2 aliphatic rings. The predicted molar refractivity (Wildman–Crippen MR) is 81.3 cm³/mol. The smallest absolute Gasteiger partial charge is 0.262 e. The lowest BCUT2D eigenvalue weighted by molar-refractivity contribution is -0.142. The van der Waals surface area contributed by atoms with Gasteiger partial charge >= 0.3 is 0 Å². The Labute approximate surface area is 133 Å². The minimum Gasteiger partial charge on any atom is -0.482 e. The van der Waals surface area contributed by atoms with E-state index in [0.29, 0.717) is 11.4 Å². The number of hydrogen-bond donors (Lipinski definition) is 1. The summed E-state index contributed by atoms with van der Waals surface area (Å²) >= 11 is 0. The molecule has 0 bridgehead atoms. The van der Waals surface area contributed by atoms with E-state index >= 15 is 0 Å². The monoisotopic (exact) mass is 315 g/mol. The number of amides is 1. The third-order valence-electron chi connectivity index (χ3n) is 4.32. The van der Waals surface area contributed by atoms with Crippen LogP contribution in [0.25, 0.3) is 0 Å². The summed E-state index contributed by atoms with van der Waals surface area (Å²) < 4.78 is 5.36. The van der Waals surface area contributed by atoms with Crippen LogP contribution in [0.3, 0.4) is 0 Å². The van der Waals surface area contributed by atoms with Crippen LogP contribution in [0.5, 0.6) is 5.75 Å². The fourth-order valence-electron chi connectivity index (χ4n) is 3.12. The molecule has 1 aromatic carbocycles. The molecule has 0 unspecified atom stereocenters. The molecule has 0 spiro atoms. The standard InChI is InChI=1S/C17H17NO5/c1-2-12(19)17-13(20)5-10(6-14(17)21)9-3-4-11-15(7-9)23-8-16(22)18-11/h3-4,7,10,17H,2,5-6,8H2,1H3,(H,18,22). The Hall–Kier alpha value is -2.50. The molecule has 1 amide bonds. The second-order valence-corrected chi connectivity index (χ2v) is 5.88. The second kappa shape index (κ2) is 5.95. The van der Waals surface area contributed by atoms with E-state index in [-0.39, 0.29) is 55.0 Å². The van der Waals surface area contributed by atoms with Gasteiger partial charge in [0, 0.05) is 19.3 Å². The summed E-state index contributed by atoms with van der Waals surface area (Å²) in [6.07, 6.45) is 0.541. The van der Waals surface area contributed by atoms with Gasteiger partial charge in [-0.3, -0.25) is 19.2 Å². The molecule has 0 saturated heterocycles. The van der Waals surface area contributed by atoms with E-state index in [9.17, 15) is 19.2 Å². The summed E-state index contributed by atoms with van der Waals surface area (Å²) in [5.41, 5.74) is 1.39. The summed E-state index contributed by atoms with van der Waals surface area (Å²) in [6.45, 7) is 1.61. The van der Waals surface area contributed by atoms with Gasteiger partial charge in [0.05, 0.1) is 5.69 Å². The minimum absolute atomic E-state index is 0.0495. The fraction of sp³-hybridized carbons (Fsp3) is 0.412. The molecular formula is C17H17NO5.